The van der Waals surface area contributed by atoms with Gasteiger partial charge in [-0.25, -0.2) is 9.78 Å². The van der Waals surface area contributed by atoms with Crippen molar-refractivity contribution in [1.82, 2.24) is 4.98 Å². The van der Waals surface area contributed by atoms with Gasteiger partial charge in [-0.2, -0.15) is 13.2 Å². The van der Waals surface area contributed by atoms with Crippen molar-refractivity contribution >= 4 is 17.5 Å². The number of nitrogens with one attached hydrogen (secondary N) is 1. The summed E-state index contributed by atoms with van der Waals surface area (Å²) in [5, 5.41) is 21.7. The van der Waals surface area contributed by atoms with E-state index >= 15 is 0 Å². The summed E-state index contributed by atoms with van der Waals surface area (Å²) in [6, 6.07) is 1.88. The molecule has 10 heteroatoms. The van der Waals surface area contributed by atoms with Crippen molar-refractivity contribution in [2.45, 2.75) is 19.0 Å². The predicted octanol–water partition coefficient (Wildman–Crippen LogP) is 2.44. The van der Waals surface area contributed by atoms with Crippen molar-refractivity contribution in [2.24, 2.45) is 0 Å². The Kier molecular flexibility index (Phi) is 4.83. The van der Waals surface area contributed by atoms with E-state index in [-0.39, 0.29) is 18.8 Å². The van der Waals surface area contributed by atoms with E-state index in [0.29, 0.717) is 0 Å². The molecule has 0 aliphatic heterocycles. The smallest absolute Gasteiger partial charge is 0.389 e. The first kappa shape index (κ1) is 15.7. The maximum absolute atomic E-state index is 11.9. The molecule has 1 rings (SSSR count). The van der Waals surface area contributed by atoms with E-state index in [1.54, 1.807) is 0 Å². The third kappa shape index (κ3) is 4.71. The van der Waals surface area contributed by atoms with Gasteiger partial charge in [0.1, 0.15) is 0 Å². The largest absolute Gasteiger partial charge is 0.477 e. The van der Waals surface area contributed by atoms with Gasteiger partial charge in [0.2, 0.25) is 5.82 Å². The van der Waals surface area contributed by atoms with E-state index in [1.807, 2.05) is 0 Å². The lowest BCUT2D eigenvalue weighted by Crippen LogP contribution is -2.13. The maximum atomic E-state index is 11.9. The lowest BCUT2D eigenvalue weighted by atomic mass is 10.3. The second-order valence-corrected chi connectivity index (χ2v) is 3.77. The number of anilines is 1. The molecule has 1 heterocycles. The molecular weight excluding hydrogens is 283 g/mol. The molecule has 0 spiro atoms. The van der Waals surface area contributed by atoms with Gasteiger partial charge in [0.25, 0.3) is 0 Å². The lowest BCUT2D eigenvalue weighted by Gasteiger charge is -2.08. The third-order valence-corrected chi connectivity index (χ3v) is 2.22. The van der Waals surface area contributed by atoms with E-state index in [2.05, 4.69) is 10.3 Å². The van der Waals surface area contributed by atoms with Gasteiger partial charge in [-0.3, -0.25) is 10.1 Å². The molecule has 0 saturated carbocycles. The number of pyridine rings is 1. The molecule has 0 saturated heterocycles. The number of rotatable bonds is 6. The van der Waals surface area contributed by atoms with Crippen LogP contribution in [0.15, 0.2) is 12.1 Å². The van der Waals surface area contributed by atoms with Crippen LogP contribution in [-0.4, -0.2) is 33.7 Å². The number of aromatic carboxylic acids is 1. The summed E-state index contributed by atoms with van der Waals surface area (Å²) < 4.78 is 35.8. The first-order valence-electron chi connectivity index (χ1n) is 5.40. The second-order valence-electron chi connectivity index (χ2n) is 3.77. The maximum Gasteiger partial charge on any atom is 0.389 e. The van der Waals surface area contributed by atoms with Crippen LogP contribution in [0.2, 0.25) is 0 Å². The highest BCUT2D eigenvalue weighted by Crippen LogP contribution is 2.24. The van der Waals surface area contributed by atoms with Crippen molar-refractivity contribution in [3.05, 3.63) is 27.9 Å². The van der Waals surface area contributed by atoms with Crippen LogP contribution in [0.4, 0.5) is 24.7 Å². The molecule has 0 amide bonds. The van der Waals surface area contributed by atoms with Gasteiger partial charge in [0.05, 0.1) is 4.92 Å². The average molecular weight is 293 g/mol. The van der Waals surface area contributed by atoms with Gasteiger partial charge in [-0.15, -0.1) is 0 Å². The molecule has 0 aliphatic carbocycles. The van der Waals surface area contributed by atoms with E-state index in [1.165, 1.54) is 0 Å². The Labute approximate surface area is 110 Å². The molecule has 1 aromatic heterocycles. The standard InChI is InChI=1S/C10H10F3N3O4/c11-10(12,13)4-1-5-14-8-7(16(19)20)3-2-6(15-8)9(17)18/h2-3H,1,4-5H2,(H,14,15)(H,17,18). The van der Waals surface area contributed by atoms with Gasteiger partial charge in [-0.1, -0.05) is 0 Å². The highest BCUT2D eigenvalue weighted by molar-refractivity contribution is 5.86. The summed E-state index contributed by atoms with van der Waals surface area (Å²) >= 11 is 0. The van der Waals surface area contributed by atoms with Gasteiger partial charge < -0.3 is 10.4 Å². The zero-order chi connectivity index (χ0) is 15.3. The zero-order valence-corrected chi connectivity index (χ0v) is 9.98. The van der Waals surface area contributed by atoms with Crippen molar-refractivity contribution in [3.63, 3.8) is 0 Å². The minimum absolute atomic E-state index is 0.212. The number of alkyl halides is 3. The number of carboxylic acid groups (broad SMARTS) is 1. The number of halogens is 3. The monoisotopic (exact) mass is 293 g/mol. The third-order valence-electron chi connectivity index (χ3n) is 2.22. The van der Waals surface area contributed by atoms with Crippen molar-refractivity contribution in [3.8, 4) is 0 Å². The van der Waals surface area contributed by atoms with Crippen LogP contribution < -0.4 is 5.32 Å². The fourth-order valence-corrected chi connectivity index (χ4v) is 1.34. The Balaban J connectivity index is 2.78. The van der Waals surface area contributed by atoms with Crippen LogP contribution in [0.1, 0.15) is 23.3 Å². The minimum Gasteiger partial charge on any atom is -0.477 e. The summed E-state index contributed by atoms with van der Waals surface area (Å²) in [6.45, 7) is -0.212. The summed E-state index contributed by atoms with van der Waals surface area (Å²) in [6.07, 6.45) is -5.67. The Morgan fingerprint density at radius 1 is 1.45 bits per heavy atom. The molecule has 20 heavy (non-hydrogen) atoms. The van der Waals surface area contributed by atoms with Crippen LogP contribution in [0.5, 0.6) is 0 Å². The predicted molar refractivity (Wildman–Crippen MR) is 61.6 cm³/mol. The summed E-state index contributed by atoms with van der Waals surface area (Å²) in [4.78, 5) is 24.1. The van der Waals surface area contributed by atoms with E-state index < -0.39 is 34.9 Å². The summed E-state index contributed by atoms with van der Waals surface area (Å²) in [5.41, 5.74) is -0.934. The molecule has 7 nitrogen and oxygen atoms in total. The average Bonchev–Trinajstić information content (AvgIpc) is 2.33. The van der Waals surface area contributed by atoms with E-state index in [9.17, 15) is 28.1 Å². The van der Waals surface area contributed by atoms with Gasteiger partial charge in [0.15, 0.2) is 5.69 Å². The van der Waals surface area contributed by atoms with Crippen LogP contribution in [0.3, 0.4) is 0 Å². The molecule has 0 aliphatic rings. The van der Waals surface area contributed by atoms with Crippen molar-refractivity contribution < 1.29 is 28.0 Å². The second kappa shape index (κ2) is 6.17. The summed E-state index contributed by atoms with van der Waals surface area (Å²) in [5.74, 6) is -1.75. The molecule has 0 fully saturated rings. The highest BCUT2D eigenvalue weighted by Gasteiger charge is 2.26. The SMILES string of the molecule is O=C(O)c1ccc([N+](=O)[O-])c(NCCCC(F)(F)F)n1. The molecular formula is C10H10F3N3O4. The van der Waals surface area contributed by atoms with Crippen LogP contribution in [0, 0.1) is 10.1 Å². The van der Waals surface area contributed by atoms with Crippen LogP contribution in [0.25, 0.3) is 0 Å². The summed E-state index contributed by atoms with van der Waals surface area (Å²) in [7, 11) is 0. The fraction of sp³-hybridized carbons (Fsp3) is 0.400. The van der Waals surface area contributed by atoms with Crippen molar-refractivity contribution in [1.29, 1.82) is 0 Å². The molecule has 2 N–H and O–H groups in total. The molecule has 0 bridgehead atoms. The van der Waals surface area contributed by atoms with Gasteiger partial charge >= 0.3 is 17.8 Å². The minimum atomic E-state index is -4.32. The van der Waals surface area contributed by atoms with Crippen LogP contribution in [-0.2, 0) is 0 Å². The molecule has 0 aromatic carbocycles. The van der Waals surface area contributed by atoms with Crippen LogP contribution >= 0.6 is 0 Å². The molecule has 0 unspecified atom stereocenters. The molecule has 1 aromatic rings. The van der Waals surface area contributed by atoms with E-state index in [4.69, 9.17) is 5.11 Å². The first-order valence-corrected chi connectivity index (χ1v) is 5.40. The highest BCUT2D eigenvalue weighted by atomic mass is 19.4. The number of nitro groups is 1. The topological polar surface area (TPSA) is 105 Å². The number of carboxylic acids is 1. The lowest BCUT2D eigenvalue weighted by molar-refractivity contribution is -0.384. The van der Waals surface area contributed by atoms with E-state index in [0.717, 1.165) is 12.1 Å². The number of hydrogen-bond donors (Lipinski definition) is 2. The number of carbonyl (C=O) groups is 1. The number of hydrogen-bond acceptors (Lipinski definition) is 5. The number of aromatic nitrogens is 1. The fourth-order valence-electron chi connectivity index (χ4n) is 1.34. The Morgan fingerprint density at radius 2 is 2.10 bits per heavy atom. The Hall–Kier alpha value is -2.39. The zero-order valence-electron chi connectivity index (χ0n) is 9.98. The normalized spacial score (nSPS) is 11.2. The molecule has 0 atom stereocenters. The molecule has 110 valence electrons. The first-order chi connectivity index (χ1) is 9.20. The van der Waals surface area contributed by atoms with Crippen molar-refractivity contribution in [2.75, 3.05) is 11.9 Å². The Bertz CT molecular complexity index is 519. The van der Waals surface area contributed by atoms with Gasteiger partial charge in [-0.05, 0) is 12.5 Å². The number of nitrogens with zero attached hydrogens (tertiary/aromatic N) is 2. The molecule has 0 radical (unpaired) electrons. The quantitative estimate of drug-likeness (QED) is 0.474. The van der Waals surface area contributed by atoms with Gasteiger partial charge in [0, 0.05) is 19.0 Å². The Morgan fingerprint density at radius 3 is 2.60 bits per heavy atom.